The zero-order valence-electron chi connectivity index (χ0n) is 15.4. The van der Waals surface area contributed by atoms with Crippen LogP contribution in [-0.4, -0.2) is 66.1 Å². The van der Waals surface area contributed by atoms with Crippen LogP contribution in [-0.2, 0) is 13.1 Å². The number of carbonyl (C=O) groups is 1. The second-order valence-corrected chi connectivity index (χ2v) is 6.69. The van der Waals surface area contributed by atoms with Gasteiger partial charge in [0.2, 0.25) is 5.95 Å². The van der Waals surface area contributed by atoms with Crippen LogP contribution in [0.3, 0.4) is 0 Å². The maximum atomic E-state index is 12.5. The molecular weight excluding hydrogens is 328 g/mol. The van der Waals surface area contributed by atoms with E-state index in [0.717, 1.165) is 31.1 Å². The lowest BCUT2D eigenvalue weighted by atomic mass is 10.1. The number of amides is 2. The van der Waals surface area contributed by atoms with Crippen molar-refractivity contribution in [3.05, 3.63) is 53.9 Å². The van der Waals surface area contributed by atoms with Crippen molar-refractivity contribution in [1.29, 1.82) is 0 Å². The number of hydrogen-bond donors (Lipinski definition) is 1. The van der Waals surface area contributed by atoms with Gasteiger partial charge in [0.1, 0.15) is 0 Å². The van der Waals surface area contributed by atoms with Gasteiger partial charge in [0.15, 0.2) is 0 Å². The highest BCUT2D eigenvalue weighted by molar-refractivity contribution is 5.74. The van der Waals surface area contributed by atoms with Gasteiger partial charge in [-0.3, -0.25) is 0 Å². The van der Waals surface area contributed by atoms with Crippen LogP contribution in [0, 0.1) is 0 Å². The normalized spacial score (nSPS) is 14.6. The number of aromatic nitrogens is 2. The molecule has 0 spiro atoms. The van der Waals surface area contributed by atoms with Crippen molar-refractivity contribution in [2.24, 2.45) is 0 Å². The Balaban J connectivity index is 1.51. The molecule has 2 amide bonds. The zero-order valence-corrected chi connectivity index (χ0v) is 15.4. The Labute approximate surface area is 154 Å². The highest BCUT2D eigenvalue weighted by atomic mass is 16.2. The quantitative estimate of drug-likeness (QED) is 0.883. The third-order valence-electron chi connectivity index (χ3n) is 4.44. The topological polar surface area (TPSA) is 64.6 Å². The van der Waals surface area contributed by atoms with Crippen molar-refractivity contribution in [2.75, 3.05) is 45.2 Å². The number of benzene rings is 1. The molecule has 0 saturated carbocycles. The molecule has 0 bridgehead atoms. The standard InChI is InChI=1S/C19H26N6O/c1-23(2)15-17-7-4-3-6-16(17)14-22-19(26)25-12-10-24(11-13-25)18-20-8-5-9-21-18/h3-9H,10-15H2,1-2H3,(H,22,26). The Morgan fingerprint density at radius 1 is 1.04 bits per heavy atom. The summed E-state index contributed by atoms with van der Waals surface area (Å²) in [6.07, 6.45) is 3.49. The molecule has 0 radical (unpaired) electrons. The van der Waals surface area contributed by atoms with Crippen LogP contribution in [0.4, 0.5) is 10.7 Å². The van der Waals surface area contributed by atoms with Crippen LogP contribution >= 0.6 is 0 Å². The molecule has 1 aliphatic rings. The minimum absolute atomic E-state index is 0.0155. The summed E-state index contributed by atoms with van der Waals surface area (Å²) in [6, 6.07) is 10.0. The van der Waals surface area contributed by atoms with E-state index < -0.39 is 0 Å². The summed E-state index contributed by atoms with van der Waals surface area (Å²) in [6.45, 7) is 4.24. The fourth-order valence-electron chi connectivity index (χ4n) is 3.07. The van der Waals surface area contributed by atoms with E-state index in [9.17, 15) is 4.79 Å². The highest BCUT2D eigenvalue weighted by Gasteiger charge is 2.22. The van der Waals surface area contributed by atoms with Crippen LogP contribution in [0.25, 0.3) is 0 Å². The van der Waals surface area contributed by atoms with E-state index >= 15 is 0 Å². The lowest BCUT2D eigenvalue weighted by Crippen LogP contribution is -2.52. The Morgan fingerprint density at radius 2 is 1.69 bits per heavy atom. The number of carbonyl (C=O) groups excluding carboxylic acids is 1. The van der Waals surface area contributed by atoms with Crippen LogP contribution in [0.1, 0.15) is 11.1 Å². The first-order chi connectivity index (χ1) is 12.6. The van der Waals surface area contributed by atoms with E-state index in [2.05, 4.69) is 37.2 Å². The number of urea groups is 1. The zero-order chi connectivity index (χ0) is 18.4. The SMILES string of the molecule is CN(C)Cc1ccccc1CNC(=O)N1CCN(c2ncccn2)CC1. The van der Waals surface area contributed by atoms with E-state index in [4.69, 9.17) is 0 Å². The molecule has 138 valence electrons. The molecule has 1 fully saturated rings. The van der Waals surface area contributed by atoms with Gasteiger partial charge in [-0.1, -0.05) is 24.3 Å². The number of anilines is 1. The van der Waals surface area contributed by atoms with E-state index in [0.29, 0.717) is 19.6 Å². The van der Waals surface area contributed by atoms with Crippen molar-refractivity contribution >= 4 is 12.0 Å². The van der Waals surface area contributed by atoms with Crippen LogP contribution < -0.4 is 10.2 Å². The molecule has 0 unspecified atom stereocenters. The lowest BCUT2D eigenvalue weighted by molar-refractivity contribution is 0.193. The second kappa shape index (κ2) is 8.62. The Kier molecular flexibility index (Phi) is 6.01. The van der Waals surface area contributed by atoms with E-state index in [1.807, 2.05) is 31.1 Å². The molecule has 0 aliphatic carbocycles. The second-order valence-electron chi connectivity index (χ2n) is 6.69. The third-order valence-corrected chi connectivity index (χ3v) is 4.44. The van der Waals surface area contributed by atoms with E-state index in [-0.39, 0.29) is 6.03 Å². The molecule has 7 heteroatoms. The van der Waals surface area contributed by atoms with Gasteiger partial charge in [-0.05, 0) is 31.3 Å². The van der Waals surface area contributed by atoms with Crippen LogP contribution in [0.2, 0.25) is 0 Å². The predicted octanol–water partition coefficient (Wildman–Crippen LogP) is 1.57. The Hall–Kier alpha value is -2.67. The summed E-state index contributed by atoms with van der Waals surface area (Å²) in [7, 11) is 4.09. The molecule has 2 aromatic rings. The molecule has 1 aromatic heterocycles. The number of hydrogen-bond acceptors (Lipinski definition) is 5. The smallest absolute Gasteiger partial charge is 0.317 e. The summed E-state index contributed by atoms with van der Waals surface area (Å²) in [5, 5.41) is 3.06. The van der Waals surface area contributed by atoms with E-state index in [1.54, 1.807) is 18.5 Å². The summed E-state index contributed by atoms with van der Waals surface area (Å²) < 4.78 is 0. The fraction of sp³-hybridized carbons (Fsp3) is 0.421. The number of rotatable bonds is 5. The fourth-order valence-corrected chi connectivity index (χ4v) is 3.07. The first kappa shape index (κ1) is 18.1. The van der Waals surface area contributed by atoms with Crippen molar-refractivity contribution in [3.8, 4) is 0 Å². The summed E-state index contributed by atoms with van der Waals surface area (Å²) >= 11 is 0. The van der Waals surface area contributed by atoms with Gasteiger partial charge >= 0.3 is 6.03 Å². The third kappa shape index (κ3) is 4.70. The first-order valence-corrected chi connectivity index (χ1v) is 8.90. The molecule has 3 rings (SSSR count). The van der Waals surface area contributed by atoms with Crippen molar-refractivity contribution in [1.82, 2.24) is 25.1 Å². The van der Waals surface area contributed by atoms with E-state index in [1.165, 1.54) is 5.56 Å². The van der Waals surface area contributed by atoms with Gasteiger partial charge in [0.05, 0.1) is 0 Å². The number of piperazine rings is 1. The number of nitrogens with zero attached hydrogens (tertiary/aromatic N) is 5. The maximum absolute atomic E-state index is 12.5. The monoisotopic (exact) mass is 354 g/mol. The van der Waals surface area contributed by atoms with Crippen molar-refractivity contribution in [2.45, 2.75) is 13.1 Å². The number of nitrogens with one attached hydrogen (secondary N) is 1. The average Bonchev–Trinajstić information content (AvgIpc) is 2.67. The molecule has 26 heavy (non-hydrogen) atoms. The molecule has 0 atom stereocenters. The van der Waals surface area contributed by atoms with Gasteiger partial charge in [-0.2, -0.15) is 0 Å². The van der Waals surface area contributed by atoms with Crippen molar-refractivity contribution in [3.63, 3.8) is 0 Å². The highest BCUT2D eigenvalue weighted by Crippen LogP contribution is 2.12. The van der Waals surface area contributed by atoms with Gasteiger partial charge < -0.3 is 20.0 Å². The minimum atomic E-state index is -0.0155. The molecular formula is C19H26N6O. The van der Waals surface area contributed by atoms with Gasteiger partial charge in [-0.15, -0.1) is 0 Å². The van der Waals surface area contributed by atoms with Gasteiger partial charge in [0.25, 0.3) is 0 Å². The minimum Gasteiger partial charge on any atom is -0.337 e. The molecule has 1 saturated heterocycles. The Morgan fingerprint density at radius 3 is 2.35 bits per heavy atom. The van der Waals surface area contributed by atoms with Crippen molar-refractivity contribution < 1.29 is 4.79 Å². The van der Waals surface area contributed by atoms with Gasteiger partial charge in [0, 0.05) is 51.7 Å². The molecule has 2 heterocycles. The molecule has 7 nitrogen and oxygen atoms in total. The summed E-state index contributed by atoms with van der Waals surface area (Å²) in [5.74, 6) is 0.727. The average molecular weight is 354 g/mol. The Bertz CT molecular complexity index is 713. The van der Waals surface area contributed by atoms with Crippen LogP contribution in [0.15, 0.2) is 42.7 Å². The largest absolute Gasteiger partial charge is 0.337 e. The molecule has 1 aliphatic heterocycles. The molecule has 1 aromatic carbocycles. The predicted molar refractivity (Wildman–Crippen MR) is 102 cm³/mol. The maximum Gasteiger partial charge on any atom is 0.317 e. The van der Waals surface area contributed by atoms with Crippen LogP contribution in [0.5, 0.6) is 0 Å². The summed E-state index contributed by atoms with van der Waals surface area (Å²) in [5.41, 5.74) is 2.40. The summed E-state index contributed by atoms with van der Waals surface area (Å²) in [4.78, 5) is 27.1. The first-order valence-electron chi connectivity index (χ1n) is 8.90. The van der Waals surface area contributed by atoms with Gasteiger partial charge in [-0.25, -0.2) is 14.8 Å². The lowest BCUT2D eigenvalue weighted by Gasteiger charge is -2.34. The molecule has 1 N–H and O–H groups in total.